The van der Waals surface area contributed by atoms with Crippen molar-refractivity contribution in [1.82, 2.24) is 9.80 Å². The van der Waals surface area contributed by atoms with Gasteiger partial charge < -0.3 is 19.3 Å². The van der Waals surface area contributed by atoms with Gasteiger partial charge in [0.05, 0.1) is 27.3 Å². The molecule has 2 amide bonds. The molecular formula is C27H40N2O4S. The van der Waals surface area contributed by atoms with E-state index in [-0.39, 0.29) is 24.3 Å². The number of ether oxygens (including phenoxy) is 2. The van der Waals surface area contributed by atoms with Crippen molar-refractivity contribution in [2.45, 2.75) is 54.5 Å². The van der Waals surface area contributed by atoms with Crippen molar-refractivity contribution < 1.29 is 19.1 Å². The molecule has 0 radical (unpaired) electrons. The fourth-order valence-corrected chi connectivity index (χ4v) is 4.65. The molecule has 0 saturated carbocycles. The van der Waals surface area contributed by atoms with Gasteiger partial charge in [0.15, 0.2) is 11.5 Å². The largest absolute Gasteiger partial charge is 0.493 e. The third-order valence-electron chi connectivity index (χ3n) is 5.61. The van der Waals surface area contributed by atoms with Crippen LogP contribution in [0.15, 0.2) is 29.6 Å². The second-order valence-electron chi connectivity index (χ2n) is 10.1. The molecule has 0 aliphatic rings. The SMILES string of the molecule is COc1ccc(CCN(Cc2sccc2C)C(=O)CN(CC(C)C)C(=O)C(C)(C)C)cc1OC. The van der Waals surface area contributed by atoms with Crippen LogP contribution in [0.25, 0.3) is 0 Å². The molecule has 1 aromatic carbocycles. The lowest BCUT2D eigenvalue weighted by Gasteiger charge is -2.32. The first-order valence-corrected chi connectivity index (χ1v) is 12.6. The zero-order valence-electron chi connectivity index (χ0n) is 21.9. The Hall–Kier alpha value is -2.54. The van der Waals surface area contributed by atoms with Gasteiger partial charge in [-0.15, -0.1) is 11.3 Å². The summed E-state index contributed by atoms with van der Waals surface area (Å²) in [6.07, 6.45) is 0.675. The van der Waals surface area contributed by atoms with Crippen molar-refractivity contribution >= 4 is 23.2 Å². The maximum atomic E-state index is 13.5. The number of thiophene rings is 1. The van der Waals surface area contributed by atoms with Crippen LogP contribution in [0.2, 0.25) is 0 Å². The van der Waals surface area contributed by atoms with Crippen LogP contribution >= 0.6 is 11.3 Å². The summed E-state index contributed by atoms with van der Waals surface area (Å²) in [7, 11) is 3.23. The van der Waals surface area contributed by atoms with Crippen molar-refractivity contribution in [3.05, 3.63) is 45.6 Å². The van der Waals surface area contributed by atoms with E-state index >= 15 is 0 Å². The minimum atomic E-state index is -0.538. The summed E-state index contributed by atoms with van der Waals surface area (Å²) < 4.78 is 10.8. The summed E-state index contributed by atoms with van der Waals surface area (Å²) in [5, 5.41) is 2.05. The van der Waals surface area contributed by atoms with Crippen LogP contribution in [0, 0.1) is 18.3 Å². The Morgan fingerprint density at radius 2 is 1.71 bits per heavy atom. The van der Waals surface area contributed by atoms with Gasteiger partial charge in [-0.2, -0.15) is 0 Å². The maximum absolute atomic E-state index is 13.5. The van der Waals surface area contributed by atoms with E-state index in [1.807, 2.05) is 43.9 Å². The third kappa shape index (κ3) is 7.76. The number of methoxy groups -OCH3 is 2. The molecule has 188 valence electrons. The number of hydrogen-bond acceptors (Lipinski definition) is 5. The highest BCUT2D eigenvalue weighted by Crippen LogP contribution is 2.28. The number of hydrogen-bond donors (Lipinski definition) is 0. The fourth-order valence-electron chi connectivity index (χ4n) is 3.73. The van der Waals surface area contributed by atoms with Gasteiger partial charge in [-0.25, -0.2) is 0 Å². The lowest BCUT2D eigenvalue weighted by Crippen LogP contribution is -2.48. The van der Waals surface area contributed by atoms with E-state index in [0.29, 0.717) is 37.6 Å². The van der Waals surface area contributed by atoms with Gasteiger partial charge in [0.1, 0.15) is 0 Å². The number of aryl methyl sites for hydroxylation is 1. The normalized spacial score (nSPS) is 11.4. The average molecular weight is 489 g/mol. The second-order valence-corrected chi connectivity index (χ2v) is 11.1. The minimum absolute atomic E-state index is 0.00157. The van der Waals surface area contributed by atoms with Gasteiger partial charge in [-0.05, 0) is 54.0 Å². The van der Waals surface area contributed by atoms with Crippen molar-refractivity contribution in [2.24, 2.45) is 11.3 Å². The standard InChI is InChI=1S/C27H40N2O4S/c1-19(2)16-29(26(31)27(4,5)6)18-25(30)28(17-24-20(3)12-14-34-24)13-11-21-9-10-22(32-7)23(15-21)33-8/h9-10,12,14-15,19H,11,13,16-18H2,1-8H3. The Bertz CT molecular complexity index is 962. The van der Waals surface area contributed by atoms with E-state index in [0.717, 1.165) is 5.56 Å². The Kier molecular flexibility index (Phi) is 9.98. The zero-order chi connectivity index (χ0) is 25.5. The van der Waals surface area contributed by atoms with Crippen LogP contribution in [-0.2, 0) is 22.6 Å². The van der Waals surface area contributed by atoms with Crippen LogP contribution in [0.5, 0.6) is 11.5 Å². The molecule has 7 heteroatoms. The quantitative estimate of drug-likeness (QED) is 0.438. The number of carbonyl (C=O) groups is 2. The highest BCUT2D eigenvalue weighted by molar-refractivity contribution is 7.10. The maximum Gasteiger partial charge on any atom is 0.242 e. The molecule has 6 nitrogen and oxygen atoms in total. The summed E-state index contributed by atoms with van der Waals surface area (Å²) in [5.41, 5.74) is 1.70. The zero-order valence-corrected chi connectivity index (χ0v) is 22.8. The Balaban J connectivity index is 2.24. The van der Waals surface area contributed by atoms with Crippen molar-refractivity contribution in [1.29, 1.82) is 0 Å². The van der Waals surface area contributed by atoms with Gasteiger partial charge in [-0.3, -0.25) is 9.59 Å². The van der Waals surface area contributed by atoms with Crippen molar-refractivity contribution in [3.63, 3.8) is 0 Å². The first-order valence-electron chi connectivity index (χ1n) is 11.8. The smallest absolute Gasteiger partial charge is 0.242 e. The van der Waals surface area contributed by atoms with Gasteiger partial charge in [0, 0.05) is 23.4 Å². The van der Waals surface area contributed by atoms with E-state index in [2.05, 4.69) is 32.2 Å². The second kappa shape index (κ2) is 12.2. The van der Waals surface area contributed by atoms with Gasteiger partial charge in [-0.1, -0.05) is 40.7 Å². The molecule has 1 aromatic heterocycles. The van der Waals surface area contributed by atoms with Crippen LogP contribution in [0.4, 0.5) is 0 Å². The predicted molar refractivity (Wildman–Crippen MR) is 139 cm³/mol. The third-order valence-corrected chi connectivity index (χ3v) is 6.62. The molecule has 1 heterocycles. The molecule has 0 aliphatic carbocycles. The molecule has 34 heavy (non-hydrogen) atoms. The summed E-state index contributed by atoms with van der Waals surface area (Å²) >= 11 is 1.66. The van der Waals surface area contributed by atoms with Gasteiger partial charge in [0.2, 0.25) is 11.8 Å². The number of carbonyl (C=O) groups excluding carboxylic acids is 2. The van der Waals surface area contributed by atoms with Crippen LogP contribution in [-0.4, -0.2) is 55.5 Å². The van der Waals surface area contributed by atoms with Gasteiger partial charge in [0.25, 0.3) is 0 Å². The van der Waals surface area contributed by atoms with E-state index in [4.69, 9.17) is 9.47 Å². The molecule has 2 aromatic rings. The average Bonchev–Trinajstić information content (AvgIpc) is 3.18. The molecule has 0 aliphatic heterocycles. The Morgan fingerprint density at radius 1 is 1.03 bits per heavy atom. The van der Waals surface area contributed by atoms with E-state index in [1.165, 1.54) is 10.4 Å². The van der Waals surface area contributed by atoms with Crippen molar-refractivity contribution in [2.75, 3.05) is 33.9 Å². The molecule has 0 atom stereocenters. The van der Waals surface area contributed by atoms with Crippen LogP contribution in [0.3, 0.4) is 0 Å². The molecule has 0 bridgehead atoms. The lowest BCUT2D eigenvalue weighted by atomic mass is 9.94. The Labute approximate surface area is 208 Å². The number of rotatable bonds is 11. The fraction of sp³-hybridized carbons (Fsp3) is 0.556. The summed E-state index contributed by atoms with van der Waals surface area (Å²) in [4.78, 5) is 31.4. The monoisotopic (exact) mass is 488 g/mol. The minimum Gasteiger partial charge on any atom is -0.493 e. The first kappa shape index (κ1) is 27.7. The summed E-state index contributed by atoms with van der Waals surface area (Å²) in [6.45, 7) is 13.6. The van der Waals surface area contributed by atoms with Crippen LogP contribution < -0.4 is 9.47 Å². The number of nitrogens with zero attached hydrogens (tertiary/aromatic N) is 2. The molecule has 0 spiro atoms. The summed E-state index contributed by atoms with van der Waals surface area (Å²) in [6, 6.07) is 7.90. The summed E-state index contributed by atoms with van der Waals surface area (Å²) in [5.74, 6) is 1.59. The molecule has 0 N–H and O–H groups in total. The molecule has 2 rings (SSSR count). The predicted octanol–water partition coefficient (Wildman–Crippen LogP) is 5.18. The van der Waals surface area contributed by atoms with E-state index in [9.17, 15) is 9.59 Å². The van der Waals surface area contributed by atoms with Crippen LogP contribution in [0.1, 0.15) is 50.6 Å². The molecule has 0 fully saturated rings. The molecular weight excluding hydrogens is 448 g/mol. The Morgan fingerprint density at radius 3 is 2.24 bits per heavy atom. The molecule has 0 unspecified atom stereocenters. The number of amides is 2. The molecule has 0 saturated heterocycles. The van der Waals surface area contributed by atoms with Crippen molar-refractivity contribution in [3.8, 4) is 11.5 Å². The lowest BCUT2D eigenvalue weighted by molar-refractivity contribution is -0.146. The highest BCUT2D eigenvalue weighted by Gasteiger charge is 2.30. The number of benzene rings is 1. The highest BCUT2D eigenvalue weighted by atomic mass is 32.1. The van der Waals surface area contributed by atoms with E-state index < -0.39 is 5.41 Å². The van der Waals surface area contributed by atoms with E-state index in [1.54, 1.807) is 30.5 Å². The topological polar surface area (TPSA) is 59.1 Å². The van der Waals surface area contributed by atoms with Gasteiger partial charge >= 0.3 is 0 Å². The first-order chi connectivity index (χ1) is 16.0.